The predicted molar refractivity (Wildman–Crippen MR) is 155 cm³/mol. The molecule has 6 atom stereocenters. The molecule has 2 saturated carbocycles. The second-order valence-electron chi connectivity index (χ2n) is 13.8. The number of alkyl carbamates (subject to hydrolysis) is 1. The molecule has 1 spiro atoms. The Morgan fingerprint density at radius 2 is 1.86 bits per heavy atom. The van der Waals surface area contributed by atoms with Gasteiger partial charge in [-0.15, -0.1) is 0 Å². The van der Waals surface area contributed by atoms with Gasteiger partial charge in [0.05, 0.1) is 30.7 Å². The minimum absolute atomic E-state index is 0.0973. The van der Waals surface area contributed by atoms with Crippen molar-refractivity contribution in [2.75, 3.05) is 13.7 Å². The van der Waals surface area contributed by atoms with Crippen LogP contribution in [0, 0.1) is 17.3 Å². The Morgan fingerprint density at radius 3 is 2.55 bits per heavy atom. The summed E-state index contributed by atoms with van der Waals surface area (Å²) in [7, 11) is 1.62. The van der Waals surface area contributed by atoms with Crippen LogP contribution in [0.25, 0.3) is 11.0 Å². The molecular formula is C32H42N4O6. The Labute approximate surface area is 246 Å². The third kappa shape index (κ3) is 5.40. The highest BCUT2D eigenvalue weighted by molar-refractivity contribution is 5.89. The van der Waals surface area contributed by atoms with Gasteiger partial charge in [-0.05, 0) is 55.6 Å². The van der Waals surface area contributed by atoms with Crippen molar-refractivity contribution < 1.29 is 28.6 Å². The van der Waals surface area contributed by atoms with Gasteiger partial charge in [-0.2, -0.15) is 0 Å². The first-order valence-corrected chi connectivity index (χ1v) is 15.3. The van der Waals surface area contributed by atoms with Gasteiger partial charge in [-0.1, -0.05) is 40.5 Å². The van der Waals surface area contributed by atoms with Crippen LogP contribution in [0.3, 0.4) is 0 Å². The molecule has 0 unspecified atom stereocenters. The van der Waals surface area contributed by atoms with Crippen molar-refractivity contribution in [2.45, 2.75) is 102 Å². The maximum atomic E-state index is 14.0. The number of carbonyl (C=O) groups excluding carboxylic acids is 3. The Balaban J connectivity index is 1.38. The van der Waals surface area contributed by atoms with Crippen LogP contribution in [-0.4, -0.2) is 71.1 Å². The molecule has 2 aromatic rings. The molecule has 10 nitrogen and oxygen atoms in total. The number of hydrogen-bond acceptors (Lipinski definition) is 8. The zero-order valence-electron chi connectivity index (χ0n) is 25.2. The van der Waals surface area contributed by atoms with E-state index in [4.69, 9.17) is 24.2 Å². The molecule has 3 heterocycles. The highest BCUT2D eigenvalue weighted by atomic mass is 16.6. The molecule has 1 aromatic heterocycles. The number of nitrogens with zero attached hydrogens (tertiary/aromatic N) is 3. The number of amides is 2. The molecule has 0 radical (unpaired) electrons. The Hall–Kier alpha value is -3.43. The number of ether oxygens (including phenoxy) is 3. The van der Waals surface area contributed by atoms with Gasteiger partial charge in [0.25, 0.3) is 0 Å². The maximum absolute atomic E-state index is 14.0. The highest BCUT2D eigenvalue weighted by Crippen LogP contribution is 2.54. The number of aromatic nitrogens is 2. The average Bonchev–Trinajstić information content (AvgIpc) is 3.87. The van der Waals surface area contributed by atoms with E-state index >= 15 is 0 Å². The third-order valence-corrected chi connectivity index (χ3v) is 9.71. The first kappa shape index (κ1) is 28.7. The van der Waals surface area contributed by atoms with E-state index in [1.165, 1.54) is 0 Å². The van der Waals surface area contributed by atoms with Gasteiger partial charge in [0.15, 0.2) is 0 Å². The molecule has 1 N–H and O–H groups in total. The van der Waals surface area contributed by atoms with Gasteiger partial charge in [0.2, 0.25) is 11.8 Å². The van der Waals surface area contributed by atoms with Gasteiger partial charge in [-0.25, -0.2) is 14.8 Å². The molecule has 10 heteroatoms. The van der Waals surface area contributed by atoms with Gasteiger partial charge < -0.3 is 29.2 Å². The number of methoxy groups -OCH3 is 1. The molecular weight excluding hydrogens is 536 g/mol. The lowest BCUT2D eigenvalue weighted by Crippen LogP contribution is -2.56. The van der Waals surface area contributed by atoms with E-state index in [0.29, 0.717) is 23.1 Å². The molecule has 2 aliphatic carbocycles. The van der Waals surface area contributed by atoms with Crippen LogP contribution in [0.2, 0.25) is 0 Å². The van der Waals surface area contributed by atoms with Gasteiger partial charge in [-0.3, -0.25) is 4.79 Å². The SMILES string of the molecule is COc1ccc2nc3c(nc2c1)O[C@H]1CN(C(=O)[C@H](C(C)(C)C)NC(=O)O[C@@H]2C[C@H]2CCCCC32CC2)[C@H](C=O)[C@@H]1C. The second kappa shape index (κ2) is 10.7. The number of aldehydes is 1. The molecule has 42 heavy (non-hydrogen) atoms. The summed E-state index contributed by atoms with van der Waals surface area (Å²) < 4.78 is 17.8. The van der Waals surface area contributed by atoms with Crippen LogP contribution in [0.5, 0.6) is 11.6 Å². The number of benzene rings is 1. The monoisotopic (exact) mass is 578 g/mol. The molecule has 1 aromatic carbocycles. The molecule has 2 bridgehead atoms. The van der Waals surface area contributed by atoms with E-state index in [-0.39, 0.29) is 29.9 Å². The lowest BCUT2D eigenvalue weighted by Gasteiger charge is -2.34. The standard InChI is InChI=1S/C32H42N4O6/c1-18-23(17-37)36-16-25(18)41-28-26(33-21-10-9-20(40-5)15-22(21)34-28)32(12-13-32)11-7-6-8-19-14-24(19)42-30(39)35-27(29(36)38)31(2,3)4/h9-10,15,17-19,23-25,27H,6-8,11-14,16H2,1-5H3,(H,35,39)/t18-,19+,23+,24+,25-,27+/m0/s1. The summed E-state index contributed by atoms with van der Waals surface area (Å²) in [4.78, 5) is 50.9. The Kier molecular flexibility index (Phi) is 7.30. The summed E-state index contributed by atoms with van der Waals surface area (Å²) in [5.74, 6) is 0.891. The zero-order valence-corrected chi connectivity index (χ0v) is 25.2. The minimum atomic E-state index is -0.868. The number of fused-ring (bicyclic) bond motifs is 6. The van der Waals surface area contributed by atoms with E-state index in [1.54, 1.807) is 12.0 Å². The van der Waals surface area contributed by atoms with Gasteiger partial charge in [0, 0.05) is 17.4 Å². The Morgan fingerprint density at radius 1 is 1.07 bits per heavy atom. The maximum Gasteiger partial charge on any atom is 0.408 e. The van der Waals surface area contributed by atoms with Crippen LogP contribution < -0.4 is 14.8 Å². The van der Waals surface area contributed by atoms with Crippen molar-refractivity contribution in [3.05, 3.63) is 23.9 Å². The fourth-order valence-corrected chi connectivity index (χ4v) is 6.68. The first-order chi connectivity index (χ1) is 20.0. The topological polar surface area (TPSA) is 120 Å². The van der Waals surface area contributed by atoms with Crippen LogP contribution in [0.4, 0.5) is 4.79 Å². The third-order valence-electron chi connectivity index (χ3n) is 9.71. The van der Waals surface area contributed by atoms with Gasteiger partial charge in [0.1, 0.15) is 36.0 Å². The molecule has 2 aliphatic heterocycles. The minimum Gasteiger partial charge on any atom is -0.497 e. The van der Waals surface area contributed by atoms with Crippen molar-refractivity contribution in [3.63, 3.8) is 0 Å². The summed E-state index contributed by atoms with van der Waals surface area (Å²) in [5, 5.41) is 2.83. The number of carbonyl (C=O) groups is 3. The summed E-state index contributed by atoms with van der Waals surface area (Å²) in [6.07, 6.45) is 6.58. The van der Waals surface area contributed by atoms with E-state index in [9.17, 15) is 14.4 Å². The van der Waals surface area contributed by atoms with E-state index in [2.05, 4.69) is 5.32 Å². The lowest BCUT2D eigenvalue weighted by atomic mass is 9.85. The first-order valence-electron chi connectivity index (χ1n) is 15.3. The van der Waals surface area contributed by atoms with Crippen molar-refractivity contribution in [3.8, 4) is 11.6 Å². The van der Waals surface area contributed by atoms with Crippen LogP contribution >= 0.6 is 0 Å². The highest BCUT2D eigenvalue weighted by Gasteiger charge is 2.51. The average molecular weight is 579 g/mol. The summed E-state index contributed by atoms with van der Waals surface area (Å²) in [6, 6.07) is 4.10. The van der Waals surface area contributed by atoms with Crippen molar-refractivity contribution in [1.29, 1.82) is 0 Å². The van der Waals surface area contributed by atoms with Crippen molar-refractivity contribution in [1.82, 2.24) is 20.2 Å². The molecule has 3 fully saturated rings. The summed E-state index contributed by atoms with van der Waals surface area (Å²) in [6.45, 7) is 7.80. The molecule has 2 amide bonds. The van der Waals surface area contributed by atoms with E-state index < -0.39 is 29.7 Å². The normalized spacial score (nSPS) is 31.1. The number of hydrogen-bond donors (Lipinski definition) is 1. The van der Waals surface area contributed by atoms with Crippen LogP contribution in [-0.2, 0) is 19.7 Å². The quantitative estimate of drug-likeness (QED) is 0.515. The predicted octanol–water partition coefficient (Wildman–Crippen LogP) is 4.57. The largest absolute Gasteiger partial charge is 0.497 e. The smallest absolute Gasteiger partial charge is 0.408 e. The fourth-order valence-electron chi connectivity index (χ4n) is 6.68. The van der Waals surface area contributed by atoms with Crippen molar-refractivity contribution >= 4 is 29.3 Å². The van der Waals surface area contributed by atoms with Crippen LogP contribution in [0.15, 0.2) is 18.2 Å². The van der Waals surface area contributed by atoms with Gasteiger partial charge >= 0.3 is 6.09 Å². The van der Waals surface area contributed by atoms with Crippen molar-refractivity contribution in [2.24, 2.45) is 17.3 Å². The number of nitrogens with one attached hydrogen (secondary N) is 1. The molecule has 1 saturated heterocycles. The zero-order chi connectivity index (χ0) is 29.8. The molecule has 4 aliphatic rings. The van der Waals surface area contributed by atoms with E-state index in [1.807, 2.05) is 45.9 Å². The molecule has 6 rings (SSSR count). The Bertz CT molecular complexity index is 1390. The lowest BCUT2D eigenvalue weighted by molar-refractivity contribution is -0.139. The molecule has 226 valence electrons. The second-order valence-corrected chi connectivity index (χ2v) is 13.8. The van der Waals surface area contributed by atoms with Crippen LogP contribution in [0.1, 0.15) is 78.3 Å². The fraction of sp³-hybridized carbons (Fsp3) is 0.656. The summed E-state index contributed by atoms with van der Waals surface area (Å²) in [5.41, 5.74) is 1.62. The number of rotatable bonds is 2. The summed E-state index contributed by atoms with van der Waals surface area (Å²) >= 11 is 0. The van der Waals surface area contributed by atoms with E-state index in [0.717, 1.165) is 62.4 Å².